The average molecular weight is 284 g/mol. The maximum absolute atomic E-state index is 12.3. The highest BCUT2D eigenvalue weighted by molar-refractivity contribution is 7.22. The molecule has 2 aromatic heterocycles. The Labute approximate surface area is 116 Å². The van der Waals surface area contributed by atoms with E-state index >= 15 is 0 Å². The Hall–Kier alpha value is -1.98. The van der Waals surface area contributed by atoms with E-state index < -0.39 is 0 Å². The lowest BCUT2D eigenvalue weighted by Gasteiger charge is -1.89. The molecule has 3 nitrogen and oxygen atoms in total. The molecule has 4 rings (SSSR count). The topological polar surface area (TPSA) is 34.9 Å². The van der Waals surface area contributed by atoms with Gasteiger partial charge in [-0.2, -0.15) is 0 Å². The summed E-state index contributed by atoms with van der Waals surface area (Å²) < 4.78 is 3.77. The molecular formula is C14H8N2OS2. The van der Waals surface area contributed by atoms with Crippen molar-refractivity contribution in [3.63, 3.8) is 0 Å². The lowest BCUT2D eigenvalue weighted by Crippen LogP contribution is -2.10. The highest BCUT2D eigenvalue weighted by Gasteiger charge is 2.12. The van der Waals surface area contributed by atoms with Gasteiger partial charge in [-0.25, -0.2) is 8.94 Å². The van der Waals surface area contributed by atoms with Crippen LogP contribution in [-0.4, -0.2) is 8.94 Å². The monoisotopic (exact) mass is 284 g/mol. The minimum Gasteiger partial charge on any atom is -0.267 e. The van der Waals surface area contributed by atoms with Crippen molar-refractivity contribution in [3.8, 4) is 5.13 Å². The van der Waals surface area contributed by atoms with Crippen molar-refractivity contribution in [1.82, 2.24) is 8.94 Å². The predicted molar refractivity (Wildman–Crippen MR) is 80.6 cm³/mol. The van der Waals surface area contributed by atoms with Gasteiger partial charge in [0.1, 0.15) is 0 Å². The van der Waals surface area contributed by atoms with Crippen molar-refractivity contribution in [3.05, 3.63) is 58.9 Å². The first-order valence-corrected chi connectivity index (χ1v) is 7.39. The van der Waals surface area contributed by atoms with Crippen LogP contribution in [0.1, 0.15) is 0 Å². The second-order valence-corrected chi connectivity index (χ2v) is 6.15. The number of rotatable bonds is 1. The number of nitrogens with zero attached hydrogens (tertiary/aromatic N) is 2. The summed E-state index contributed by atoms with van der Waals surface area (Å²) in [4.78, 5) is 16.9. The van der Waals surface area contributed by atoms with Gasteiger partial charge in [0.05, 0.1) is 20.3 Å². The summed E-state index contributed by atoms with van der Waals surface area (Å²) in [7, 11) is 0. The Morgan fingerprint density at radius 2 is 1.68 bits per heavy atom. The molecule has 0 N–H and O–H groups in total. The molecule has 92 valence electrons. The fourth-order valence-corrected chi connectivity index (χ4v) is 4.03. The average Bonchev–Trinajstić information content (AvgIpc) is 3.00. The van der Waals surface area contributed by atoms with E-state index in [-0.39, 0.29) is 5.56 Å². The molecule has 19 heavy (non-hydrogen) atoms. The molecule has 4 aromatic rings. The molecule has 0 saturated carbocycles. The number of para-hydroxylation sites is 1. The van der Waals surface area contributed by atoms with Crippen LogP contribution in [-0.2, 0) is 0 Å². The number of benzene rings is 2. The normalized spacial score (nSPS) is 11.4. The van der Waals surface area contributed by atoms with E-state index in [9.17, 15) is 4.79 Å². The number of hydrogen-bond donors (Lipinski definition) is 0. The molecule has 0 aliphatic rings. The Balaban J connectivity index is 2.03. The third-order valence-corrected chi connectivity index (χ3v) is 5.16. The molecule has 0 aliphatic carbocycles. The second-order valence-electron chi connectivity index (χ2n) is 4.15. The van der Waals surface area contributed by atoms with Crippen LogP contribution in [0.2, 0.25) is 0 Å². The zero-order valence-corrected chi connectivity index (χ0v) is 11.4. The number of fused-ring (bicyclic) bond motifs is 2. The van der Waals surface area contributed by atoms with Crippen molar-refractivity contribution >= 4 is 43.2 Å². The summed E-state index contributed by atoms with van der Waals surface area (Å²) in [5.41, 5.74) is 0.950. The molecule has 0 amide bonds. The molecule has 0 atom stereocenters. The molecule has 2 aromatic carbocycles. The highest BCUT2D eigenvalue weighted by atomic mass is 32.1. The lowest BCUT2D eigenvalue weighted by atomic mass is 10.3. The maximum atomic E-state index is 12.3. The number of thiazole rings is 1. The fraction of sp³-hybridized carbons (Fsp3) is 0. The lowest BCUT2D eigenvalue weighted by molar-refractivity contribution is 1.12. The first kappa shape index (κ1) is 10.9. The van der Waals surface area contributed by atoms with E-state index in [0.717, 1.165) is 25.4 Å². The Kier molecular flexibility index (Phi) is 2.30. The molecular weight excluding hydrogens is 276 g/mol. The quantitative estimate of drug-likeness (QED) is 0.534. The van der Waals surface area contributed by atoms with Gasteiger partial charge in [0.25, 0.3) is 5.56 Å². The summed E-state index contributed by atoms with van der Waals surface area (Å²) in [5.74, 6) is 0. The van der Waals surface area contributed by atoms with Gasteiger partial charge >= 0.3 is 0 Å². The smallest absolute Gasteiger partial charge is 0.267 e. The summed E-state index contributed by atoms with van der Waals surface area (Å²) >= 11 is 2.99. The van der Waals surface area contributed by atoms with Crippen LogP contribution in [0.15, 0.2) is 53.3 Å². The van der Waals surface area contributed by atoms with Crippen molar-refractivity contribution in [2.24, 2.45) is 0 Å². The molecule has 0 aliphatic heterocycles. The fourth-order valence-electron chi connectivity index (χ4n) is 2.04. The van der Waals surface area contributed by atoms with Crippen molar-refractivity contribution in [1.29, 1.82) is 0 Å². The van der Waals surface area contributed by atoms with Crippen LogP contribution in [0.4, 0.5) is 0 Å². The molecule has 0 fully saturated rings. The van der Waals surface area contributed by atoms with Crippen LogP contribution < -0.4 is 5.56 Å². The third-order valence-electron chi connectivity index (χ3n) is 2.95. The Morgan fingerprint density at radius 3 is 2.47 bits per heavy atom. The van der Waals surface area contributed by atoms with Gasteiger partial charge in [0.2, 0.25) is 5.13 Å². The minimum absolute atomic E-state index is 0.0136. The third kappa shape index (κ3) is 1.63. The van der Waals surface area contributed by atoms with Gasteiger partial charge < -0.3 is 0 Å². The van der Waals surface area contributed by atoms with Crippen molar-refractivity contribution in [2.45, 2.75) is 0 Å². The summed E-state index contributed by atoms with van der Waals surface area (Å²) in [6, 6.07) is 15.6. The molecule has 0 radical (unpaired) electrons. The molecule has 0 unspecified atom stereocenters. The van der Waals surface area contributed by atoms with Crippen LogP contribution in [0, 0.1) is 0 Å². The summed E-state index contributed by atoms with van der Waals surface area (Å²) in [6.45, 7) is 0. The largest absolute Gasteiger partial charge is 0.275 e. The van der Waals surface area contributed by atoms with Gasteiger partial charge in [-0.15, -0.1) is 0 Å². The Morgan fingerprint density at radius 1 is 0.947 bits per heavy atom. The molecule has 0 bridgehead atoms. The zero-order valence-electron chi connectivity index (χ0n) is 9.74. The standard InChI is InChI=1S/C14H8N2OS2/c17-13-9-5-1-3-7-11(9)19-16(13)14-15-10-6-2-4-8-12(10)18-14/h1-8H. The van der Waals surface area contributed by atoms with Crippen molar-refractivity contribution < 1.29 is 0 Å². The summed E-state index contributed by atoms with van der Waals surface area (Å²) in [5, 5.41) is 1.50. The van der Waals surface area contributed by atoms with E-state index in [1.54, 1.807) is 15.3 Å². The van der Waals surface area contributed by atoms with E-state index in [4.69, 9.17) is 0 Å². The van der Waals surface area contributed by atoms with E-state index in [1.165, 1.54) is 11.5 Å². The second kappa shape index (κ2) is 4.01. The SMILES string of the molecule is O=c1c2ccccc2sn1-c1nc2ccccc2s1. The van der Waals surface area contributed by atoms with Gasteiger partial charge in [-0.1, -0.05) is 35.6 Å². The van der Waals surface area contributed by atoms with Crippen LogP contribution in [0.25, 0.3) is 25.4 Å². The predicted octanol–water partition coefficient (Wildman–Crippen LogP) is 3.66. The number of aromatic nitrogens is 2. The van der Waals surface area contributed by atoms with Gasteiger partial charge in [0.15, 0.2) is 0 Å². The minimum atomic E-state index is 0.0136. The first-order chi connectivity index (χ1) is 9.33. The molecule has 0 spiro atoms. The van der Waals surface area contributed by atoms with Gasteiger partial charge in [-0.3, -0.25) is 4.79 Å². The van der Waals surface area contributed by atoms with Crippen molar-refractivity contribution in [2.75, 3.05) is 0 Å². The van der Waals surface area contributed by atoms with E-state index in [0.29, 0.717) is 0 Å². The zero-order chi connectivity index (χ0) is 12.8. The van der Waals surface area contributed by atoms with E-state index in [2.05, 4.69) is 4.98 Å². The van der Waals surface area contributed by atoms with Gasteiger partial charge in [0, 0.05) is 0 Å². The number of hydrogen-bond acceptors (Lipinski definition) is 4. The first-order valence-electron chi connectivity index (χ1n) is 5.80. The molecule has 5 heteroatoms. The van der Waals surface area contributed by atoms with E-state index in [1.807, 2.05) is 48.5 Å². The highest BCUT2D eigenvalue weighted by Crippen LogP contribution is 2.27. The van der Waals surface area contributed by atoms with Crippen LogP contribution in [0.3, 0.4) is 0 Å². The van der Waals surface area contributed by atoms with Crippen LogP contribution in [0.5, 0.6) is 0 Å². The van der Waals surface area contributed by atoms with Gasteiger partial charge in [-0.05, 0) is 35.8 Å². The molecule has 2 heterocycles. The summed E-state index contributed by atoms with van der Waals surface area (Å²) in [6.07, 6.45) is 0. The maximum Gasteiger partial charge on any atom is 0.275 e. The van der Waals surface area contributed by atoms with Crippen LogP contribution >= 0.6 is 22.9 Å². The molecule has 0 saturated heterocycles. The Bertz CT molecular complexity index is 916.